The Kier molecular flexibility index (Phi) is 4.98. The Morgan fingerprint density at radius 1 is 1.00 bits per heavy atom. The van der Waals surface area contributed by atoms with Crippen LogP contribution in [-0.2, 0) is 4.79 Å². The van der Waals surface area contributed by atoms with E-state index in [1.54, 1.807) is 0 Å². The van der Waals surface area contributed by atoms with E-state index >= 15 is 0 Å². The number of piperidine rings is 1. The Morgan fingerprint density at radius 2 is 1.75 bits per heavy atom. The number of carbonyl (C=O) groups excluding carboxylic acids is 1. The summed E-state index contributed by atoms with van der Waals surface area (Å²) in [4.78, 5) is 14.4. The highest BCUT2D eigenvalue weighted by atomic mass is 16.2. The maximum Gasteiger partial charge on any atom is 0.222 e. The molecular weight excluding hydrogens is 248 g/mol. The fraction of sp³-hybridized carbons (Fsp3) is 0.941. The lowest BCUT2D eigenvalue weighted by atomic mass is 9.88. The van der Waals surface area contributed by atoms with Crippen LogP contribution in [-0.4, -0.2) is 36.5 Å². The number of hydrogen-bond acceptors (Lipinski definition) is 2. The molecule has 1 saturated carbocycles. The van der Waals surface area contributed by atoms with Crippen molar-refractivity contribution in [3.05, 3.63) is 0 Å². The largest absolute Gasteiger partial charge is 0.343 e. The Morgan fingerprint density at radius 3 is 2.40 bits per heavy atom. The van der Waals surface area contributed by atoms with Crippen LogP contribution in [0.1, 0.15) is 64.2 Å². The maximum atomic E-state index is 12.3. The quantitative estimate of drug-likeness (QED) is 0.857. The maximum absolute atomic E-state index is 12.3. The third kappa shape index (κ3) is 3.55. The molecule has 1 aliphatic carbocycles. The molecule has 2 saturated heterocycles. The summed E-state index contributed by atoms with van der Waals surface area (Å²) in [5, 5.41) is 3.63. The van der Waals surface area contributed by atoms with E-state index in [-0.39, 0.29) is 0 Å². The lowest BCUT2D eigenvalue weighted by Crippen LogP contribution is -2.43. The van der Waals surface area contributed by atoms with E-state index in [0.29, 0.717) is 5.91 Å². The molecule has 114 valence electrons. The van der Waals surface area contributed by atoms with Crippen LogP contribution >= 0.6 is 0 Å². The first-order valence-corrected chi connectivity index (χ1v) is 8.84. The van der Waals surface area contributed by atoms with Gasteiger partial charge in [0.15, 0.2) is 0 Å². The molecule has 0 aromatic heterocycles. The van der Waals surface area contributed by atoms with Gasteiger partial charge in [0.05, 0.1) is 0 Å². The van der Waals surface area contributed by atoms with Crippen LogP contribution in [0.5, 0.6) is 0 Å². The van der Waals surface area contributed by atoms with Gasteiger partial charge in [-0.05, 0) is 50.5 Å². The highest BCUT2D eigenvalue weighted by Crippen LogP contribution is 2.30. The van der Waals surface area contributed by atoms with E-state index in [1.807, 2.05) is 0 Å². The highest BCUT2D eigenvalue weighted by Gasteiger charge is 2.30. The SMILES string of the molecule is O=C(CCC1CCCC1)N1CCC(C2CCCN2)CC1. The molecule has 3 aliphatic rings. The molecule has 0 aromatic rings. The number of nitrogens with one attached hydrogen (secondary N) is 1. The molecule has 2 aliphatic heterocycles. The number of amides is 1. The number of likely N-dealkylation sites (tertiary alicyclic amines) is 1. The third-order valence-electron chi connectivity index (χ3n) is 5.80. The number of carbonyl (C=O) groups is 1. The summed E-state index contributed by atoms with van der Waals surface area (Å²) in [5.74, 6) is 2.09. The summed E-state index contributed by atoms with van der Waals surface area (Å²) in [5.41, 5.74) is 0. The molecule has 1 unspecified atom stereocenters. The molecule has 0 radical (unpaired) electrons. The van der Waals surface area contributed by atoms with Gasteiger partial charge in [-0.2, -0.15) is 0 Å². The van der Waals surface area contributed by atoms with E-state index in [9.17, 15) is 4.79 Å². The van der Waals surface area contributed by atoms with E-state index < -0.39 is 0 Å². The highest BCUT2D eigenvalue weighted by molar-refractivity contribution is 5.76. The second-order valence-corrected chi connectivity index (χ2v) is 7.11. The fourth-order valence-corrected chi connectivity index (χ4v) is 4.45. The molecule has 3 nitrogen and oxygen atoms in total. The number of hydrogen-bond donors (Lipinski definition) is 1. The molecule has 3 fully saturated rings. The molecule has 0 aromatic carbocycles. The minimum atomic E-state index is 0.426. The van der Waals surface area contributed by atoms with Crippen molar-refractivity contribution in [2.24, 2.45) is 11.8 Å². The summed E-state index contributed by atoms with van der Waals surface area (Å²) >= 11 is 0. The van der Waals surface area contributed by atoms with Crippen LogP contribution in [0.3, 0.4) is 0 Å². The number of nitrogens with zero attached hydrogens (tertiary/aromatic N) is 1. The van der Waals surface area contributed by atoms with E-state index in [0.717, 1.165) is 43.8 Å². The van der Waals surface area contributed by atoms with Gasteiger partial charge in [0.25, 0.3) is 0 Å². The zero-order valence-electron chi connectivity index (χ0n) is 12.8. The first-order valence-electron chi connectivity index (χ1n) is 8.84. The van der Waals surface area contributed by atoms with Crippen LogP contribution in [0.15, 0.2) is 0 Å². The van der Waals surface area contributed by atoms with E-state index in [4.69, 9.17) is 0 Å². The van der Waals surface area contributed by atoms with Gasteiger partial charge in [0.2, 0.25) is 5.91 Å². The standard InChI is InChI=1S/C17H30N2O/c20-17(8-7-14-4-1-2-5-14)19-12-9-15(10-13-19)16-6-3-11-18-16/h14-16,18H,1-13H2. The van der Waals surface area contributed by atoms with Gasteiger partial charge in [-0.1, -0.05) is 25.7 Å². The van der Waals surface area contributed by atoms with Crippen molar-refractivity contribution in [1.29, 1.82) is 0 Å². The zero-order valence-corrected chi connectivity index (χ0v) is 12.8. The summed E-state index contributed by atoms with van der Waals surface area (Å²) in [7, 11) is 0. The average Bonchev–Trinajstić information content (AvgIpc) is 3.18. The normalized spacial score (nSPS) is 29.2. The van der Waals surface area contributed by atoms with Crippen molar-refractivity contribution in [1.82, 2.24) is 10.2 Å². The van der Waals surface area contributed by atoms with Crippen molar-refractivity contribution in [2.75, 3.05) is 19.6 Å². The van der Waals surface area contributed by atoms with Gasteiger partial charge < -0.3 is 10.2 Å². The molecule has 0 spiro atoms. The fourth-order valence-electron chi connectivity index (χ4n) is 4.45. The van der Waals surface area contributed by atoms with Crippen molar-refractivity contribution in [3.8, 4) is 0 Å². The Bertz CT molecular complexity index is 311. The van der Waals surface area contributed by atoms with Crippen LogP contribution in [0.25, 0.3) is 0 Å². The molecule has 1 amide bonds. The van der Waals surface area contributed by atoms with E-state index in [2.05, 4.69) is 10.2 Å². The third-order valence-corrected chi connectivity index (χ3v) is 5.80. The van der Waals surface area contributed by atoms with Crippen molar-refractivity contribution >= 4 is 5.91 Å². The average molecular weight is 278 g/mol. The van der Waals surface area contributed by atoms with Crippen LogP contribution in [0.4, 0.5) is 0 Å². The molecule has 1 atom stereocenters. The van der Waals surface area contributed by atoms with Gasteiger partial charge in [0.1, 0.15) is 0 Å². The van der Waals surface area contributed by atoms with Gasteiger partial charge in [-0.3, -0.25) is 4.79 Å². The minimum Gasteiger partial charge on any atom is -0.343 e. The molecule has 0 bridgehead atoms. The minimum absolute atomic E-state index is 0.426. The monoisotopic (exact) mass is 278 g/mol. The molecule has 20 heavy (non-hydrogen) atoms. The second-order valence-electron chi connectivity index (χ2n) is 7.11. The summed E-state index contributed by atoms with van der Waals surface area (Å²) in [6, 6.07) is 0.741. The van der Waals surface area contributed by atoms with Crippen molar-refractivity contribution in [2.45, 2.75) is 70.3 Å². The smallest absolute Gasteiger partial charge is 0.222 e. The number of rotatable bonds is 4. The summed E-state index contributed by atoms with van der Waals surface area (Å²) < 4.78 is 0. The molecule has 3 rings (SSSR count). The van der Waals surface area contributed by atoms with Gasteiger partial charge in [0, 0.05) is 25.6 Å². The van der Waals surface area contributed by atoms with E-state index in [1.165, 1.54) is 57.9 Å². The van der Waals surface area contributed by atoms with Crippen molar-refractivity contribution < 1.29 is 4.79 Å². The first-order chi connectivity index (χ1) is 9.83. The first kappa shape index (κ1) is 14.4. The topological polar surface area (TPSA) is 32.3 Å². The lowest BCUT2D eigenvalue weighted by Gasteiger charge is -2.35. The summed E-state index contributed by atoms with van der Waals surface area (Å²) in [6.07, 6.45) is 12.6. The Labute approximate surface area is 123 Å². The molecule has 1 N–H and O–H groups in total. The van der Waals surface area contributed by atoms with Crippen molar-refractivity contribution in [3.63, 3.8) is 0 Å². The molecule has 3 heteroatoms. The lowest BCUT2D eigenvalue weighted by molar-refractivity contribution is -0.133. The molecule has 2 heterocycles. The summed E-state index contributed by atoms with van der Waals surface area (Å²) in [6.45, 7) is 3.21. The van der Waals surface area contributed by atoms with Gasteiger partial charge in [-0.25, -0.2) is 0 Å². The Balaban J connectivity index is 1.37. The Hall–Kier alpha value is -0.570. The zero-order chi connectivity index (χ0) is 13.8. The predicted octanol–water partition coefficient (Wildman–Crippen LogP) is 2.95. The van der Waals surface area contributed by atoms with Gasteiger partial charge in [-0.15, -0.1) is 0 Å². The van der Waals surface area contributed by atoms with Crippen LogP contribution in [0.2, 0.25) is 0 Å². The van der Waals surface area contributed by atoms with Gasteiger partial charge >= 0.3 is 0 Å². The second kappa shape index (κ2) is 6.93. The predicted molar refractivity (Wildman–Crippen MR) is 81.5 cm³/mol. The van der Waals surface area contributed by atoms with Crippen LogP contribution < -0.4 is 5.32 Å². The molecular formula is C17H30N2O. The van der Waals surface area contributed by atoms with Crippen LogP contribution in [0, 0.1) is 11.8 Å².